The maximum Gasteiger partial charge on any atom is 0.190 e. The Hall–Kier alpha value is -1.54. The lowest BCUT2D eigenvalue weighted by atomic mass is 10.1. The summed E-state index contributed by atoms with van der Waals surface area (Å²) in [5.74, 6) is 0. The van der Waals surface area contributed by atoms with Crippen LogP contribution in [-0.2, 0) is 0 Å². The van der Waals surface area contributed by atoms with Gasteiger partial charge in [-0.25, -0.2) is 19.9 Å². The highest BCUT2D eigenvalue weighted by Gasteiger charge is 2.13. The Morgan fingerprint density at radius 3 is 1.03 bits per heavy atom. The quantitative estimate of drug-likeness (QED) is 0.147. The lowest BCUT2D eigenvalue weighted by Gasteiger charge is -2.06. The van der Waals surface area contributed by atoms with Crippen LogP contribution in [0, 0.1) is 0 Å². The minimum atomic E-state index is 0.385. The number of hydrogen-bond donors (Lipinski definition) is 0. The number of thioether (sulfide) groups is 2. The number of nitrogens with zero attached hydrogens (tertiary/aromatic N) is 4. The Morgan fingerprint density at radius 1 is 0.500 bits per heavy atom. The Kier molecular flexibility index (Phi) is 9.46. The summed E-state index contributed by atoms with van der Waals surface area (Å²) in [4.78, 5) is 16.6. The highest BCUT2D eigenvalue weighted by atomic mass is 35.5. The van der Waals surface area contributed by atoms with Crippen molar-refractivity contribution in [1.29, 1.82) is 0 Å². The van der Waals surface area contributed by atoms with Gasteiger partial charge in [-0.2, -0.15) is 0 Å². The standard InChI is InChI=1S/2C11H8Cl2N2S/c2*1-16-11-14-9(12)8(10(13)15-11)7-5-3-2-4-6-7/h2*2-6H,1H3. The van der Waals surface area contributed by atoms with E-state index in [0.29, 0.717) is 42.1 Å². The second-order valence-corrected chi connectivity index (χ2v) is 9.04. The fourth-order valence-electron chi connectivity index (χ4n) is 2.65. The number of halogens is 4. The van der Waals surface area contributed by atoms with Crippen molar-refractivity contribution in [1.82, 2.24) is 19.9 Å². The smallest absolute Gasteiger partial charge is 0.190 e. The van der Waals surface area contributed by atoms with Gasteiger partial charge in [-0.15, -0.1) is 0 Å². The first kappa shape index (κ1) is 25.1. The van der Waals surface area contributed by atoms with Crippen molar-refractivity contribution >= 4 is 69.9 Å². The topological polar surface area (TPSA) is 51.6 Å². The van der Waals surface area contributed by atoms with Crippen LogP contribution in [0.2, 0.25) is 20.6 Å². The van der Waals surface area contributed by atoms with Gasteiger partial charge >= 0.3 is 0 Å². The van der Waals surface area contributed by atoms with E-state index in [-0.39, 0.29) is 0 Å². The van der Waals surface area contributed by atoms with E-state index >= 15 is 0 Å². The molecule has 4 rings (SSSR count). The van der Waals surface area contributed by atoms with Gasteiger partial charge in [0.05, 0.1) is 11.1 Å². The Balaban J connectivity index is 0.000000181. The fraction of sp³-hybridized carbons (Fsp3) is 0.0909. The zero-order valence-electron chi connectivity index (χ0n) is 16.9. The lowest BCUT2D eigenvalue weighted by Crippen LogP contribution is -1.92. The van der Waals surface area contributed by atoms with Crippen LogP contribution < -0.4 is 0 Å². The van der Waals surface area contributed by atoms with Gasteiger partial charge in [-0.1, -0.05) is 131 Å². The van der Waals surface area contributed by atoms with E-state index in [9.17, 15) is 0 Å². The van der Waals surface area contributed by atoms with E-state index in [2.05, 4.69) is 19.9 Å². The van der Waals surface area contributed by atoms with E-state index in [0.717, 1.165) is 11.1 Å². The summed E-state index contributed by atoms with van der Waals surface area (Å²) in [5, 5.41) is 2.70. The molecule has 0 spiro atoms. The first-order chi connectivity index (χ1) is 15.4. The molecular weight excluding hydrogens is 526 g/mol. The average molecular weight is 542 g/mol. The van der Waals surface area contributed by atoms with Gasteiger partial charge in [0.2, 0.25) is 0 Å². The molecule has 0 fully saturated rings. The van der Waals surface area contributed by atoms with Crippen molar-refractivity contribution in [2.45, 2.75) is 10.3 Å². The molecule has 0 saturated carbocycles. The van der Waals surface area contributed by atoms with Gasteiger partial charge in [0.15, 0.2) is 10.3 Å². The van der Waals surface area contributed by atoms with Crippen LogP contribution >= 0.6 is 69.9 Å². The Bertz CT molecular complexity index is 1050. The molecule has 0 aliphatic heterocycles. The minimum absolute atomic E-state index is 0.385. The van der Waals surface area contributed by atoms with Gasteiger partial charge in [-0.3, -0.25) is 0 Å². The van der Waals surface area contributed by atoms with Crippen LogP contribution in [0.1, 0.15) is 0 Å². The highest BCUT2D eigenvalue weighted by molar-refractivity contribution is 7.98. The van der Waals surface area contributed by atoms with Crippen LogP contribution in [0.5, 0.6) is 0 Å². The summed E-state index contributed by atoms with van der Waals surface area (Å²) in [6.07, 6.45) is 3.76. The zero-order chi connectivity index (χ0) is 23.1. The molecule has 0 unspecified atom stereocenters. The molecule has 4 aromatic rings. The van der Waals surface area contributed by atoms with Crippen LogP contribution in [-0.4, -0.2) is 32.4 Å². The molecule has 0 saturated heterocycles. The van der Waals surface area contributed by atoms with E-state index in [1.54, 1.807) is 0 Å². The summed E-state index contributed by atoms with van der Waals surface area (Å²) < 4.78 is 0. The third kappa shape index (κ3) is 6.28. The molecule has 32 heavy (non-hydrogen) atoms. The minimum Gasteiger partial charge on any atom is -0.210 e. The van der Waals surface area contributed by atoms with Crippen molar-refractivity contribution in [3.8, 4) is 22.3 Å². The molecular formula is C22H16Cl4N4S2. The summed E-state index contributed by atoms with van der Waals surface area (Å²) >= 11 is 27.2. The van der Waals surface area contributed by atoms with Gasteiger partial charge in [0.1, 0.15) is 20.6 Å². The van der Waals surface area contributed by atoms with Gasteiger partial charge in [0.25, 0.3) is 0 Å². The van der Waals surface area contributed by atoms with Crippen molar-refractivity contribution in [2.24, 2.45) is 0 Å². The van der Waals surface area contributed by atoms with E-state index in [1.807, 2.05) is 73.2 Å². The molecule has 2 aromatic heterocycles. The molecule has 4 nitrogen and oxygen atoms in total. The van der Waals surface area contributed by atoms with Crippen molar-refractivity contribution in [3.05, 3.63) is 81.3 Å². The molecule has 10 heteroatoms. The normalized spacial score (nSPS) is 10.4. The molecule has 0 atom stereocenters. The summed E-state index contributed by atoms with van der Waals surface area (Å²) in [6.45, 7) is 0. The van der Waals surface area contributed by atoms with Gasteiger partial charge in [-0.05, 0) is 23.6 Å². The average Bonchev–Trinajstić information content (AvgIpc) is 2.80. The second kappa shape index (κ2) is 12.1. The van der Waals surface area contributed by atoms with Crippen molar-refractivity contribution in [2.75, 3.05) is 12.5 Å². The molecule has 0 radical (unpaired) electrons. The van der Waals surface area contributed by atoms with Gasteiger partial charge in [0, 0.05) is 0 Å². The molecule has 0 bridgehead atoms. The molecule has 0 aliphatic carbocycles. The van der Waals surface area contributed by atoms with E-state index in [4.69, 9.17) is 46.4 Å². The first-order valence-corrected chi connectivity index (χ1v) is 13.1. The predicted molar refractivity (Wildman–Crippen MR) is 139 cm³/mol. The maximum atomic E-state index is 6.10. The fourth-order valence-corrected chi connectivity index (χ4v) is 4.79. The number of benzene rings is 2. The summed E-state index contributed by atoms with van der Waals surface area (Å²) in [6, 6.07) is 19.3. The zero-order valence-corrected chi connectivity index (χ0v) is 21.5. The largest absolute Gasteiger partial charge is 0.210 e. The SMILES string of the molecule is CSc1nc(Cl)c(-c2ccccc2)c(Cl)n1.CSc1nc(Cl)c(-c2ccccc2)c(Cl)n1. The number of hydrogen-bond acceptors (Lipinski definition) is 6. The van der Waals surface area contributed by atoms with E-state index in [1.165, 1.54) is 23.5 Å². The molecule has 0 aliphatic rings. The number of aromatic nitrogens is 4. The number of rotatable bonds is 4. The Morgan fingerprint density at radius 2 is 0.781 bits per heavy atom. The summed E-state index contributed by atoms with van der Waals surface area (Å²) in [7, 11) is 0. The third-order valence-corrected chi connectivity index (χ3v) is 6.28. The van der Waals surface area contributed by atoms with Crippen LogP contribution in [0.25, 0.3) is 22.3 Å². The van der Waals surface area contributed by atoms with Crippen LogP contribution in [0.3, 0.4) is 0 Å². The van der Waals surface area contributed by atoms with Crippen molar-refractivity contribution < 1.29 is 0 Å². The molecule has 0 amide bonds. The summed E-state index contributed by atoms with van der Waals surface area (Å²) in [5.41, 5.74) is 3.21. The highest BCUT2D eigenvalue weighted by Crippen LogP contribution is 2.34. The molecule has 2 aromatic carbocycles. The van der Waals surface area contributed by atoms with Gasteiger partial charge < -0.3 is 0 Å². The van der Waals surface area contributed by atoms with E-state index < -0.39 is 0 Å². The maximum absolute atomic E-state index is 6.10. The van der Waals surface area contributed by atoms with Crippen LogP contribution in [0.15, 0.2) is 71.0 Å². The molecule has 0 N–H and O–H groups in total. The molecule has 2 heterocycles. The van der Waals surface area contributed by atoms with Crippen molar-refractivity contribution in [3.63, 3.8) is 0 Å². The monoisotopic (exact) mass is 540 g/mol. The third-order valence-electron chi connectivity index (χ3n) is 4.09. The Labute approximate surface area is 215 Å². The molecule has 164 valence electrons. The predicted octanol–water partition coefficient (Wildman–Crippen LogP) is 8.34. The second-order valence-electron chi connectivity index (χ2n) is 6.07. The van der Waals surface area contributed by atoms with Crippen LogP contribution in [0.4, 0.5) is 0 Å². The lowest BCUT2D eigenvalue weighted by molar-refractivity contribution is 0.974. The first-order valence-electron chi connectivity index (χ1n) is 9.09.